The number of hydrogen-bond acceptors (Lipinski definition) is 2. The summed E-state index contributed by atoms with van der Waals surface area (Å²) < 4.78 is 26.3. The average Bonchev–Trinajstić information content (AvgIpc) is 2.47. The fourth-order valence-electron chi connectivity index (χ4n) is 1.20. The van der Waals surface area contributed by atoms with Crippen LogP contribution >= 0.6 is 0 Å². The second-order valence-corrected chi connectivity index (χ2v) is 2.66. The van der Waals surface area contributed by atoms with Crippen molar-refractivity contribution in [2.24, 2.45) is 0 Å². The summed E-state index contributed by atoms with van der Waals surface area (Å²) in [6.07, 6.45) is -0.344. The molecule has 0 radical (unpaired) electrons. The molecule has 1 aromatic carbocycles. The number of fused-ring (bicyclic) bond motifs is 1. The molecule has 2 rings (SSSR count). The molecule has 72 valence electrons. The Bertz CT molecular complexity index is 521. The summed E-state index contributed by atoms with van der Waals surface area (Å²) in [6.45, 7) is 0. The SMILES string of the molecule is O=C(O)n1ncc2c(F)cc(F)cc21. The molecule has 0 aliphatic heterocycles. The highest BCUT2D eigenvalue weighted by atomic mass is 19.1. The van der Waals surface area contributed by atoms with Crippen LogP contribution in [0.3, 0.4) is 0 Å². The van der Waals surface area contributed by atoms with Crippen molar-refractivity contribution in [2.45, 2.75) is 0 Å². The molecule has 6 heteroatoms. The summed E-state index contributed by atoms with van der Waals surface area (Å²) in [7, 11) is 0. The van der Waals surface area contributed by atoms with E-state index in [-0.39, 0.29) is 10.9 Å². The van der Waals surface area contributed by atoms with Crippen LogP contribution in [0.25, 0.3) is 10.9 Å². The summed E-state index contributed by atoms with van der Waals surface area (Å²) in [4.78, 5) is 10.6. The summed E-state index contributed by atoms with van der Waals surface area (Å²) in [5.74, 6) is -1.66. The summed E-state index contributed by atoms with van der Waals surface area (Å²) in [5.41, 5.74) is -0.102. The van der Waals surface area contributed by atoms with Crippen molar-refractivity contribution in [3.8, 4) is 0 Å². The third kappa shape index (κ3) is 1.12. The van der Waals surface area contributed by atoms with Crippen LogP contribution in [0.4, 0.5) is 13.6 Å². The maximum atomic E-state index is 13.0. The van der Waals surface area contributed by atoms with Gasteiger partial charge in [0.1, 0.15) is 11.6 Å². The van der Waals surface area contributed by atoms with Crippen LogP contribution in [0.15, 0.2) is 18.3 Å². The molecule has 0 bridgehead atoms. The minimum Gasteiger partial charge on any atom is -0.463 e. The Kier molecular flexibility index (Phi) is 1.70. The van der Waals surface area contributed by atoms with Gasteiger partial charge in [-0.1, -0.05) is 0 Å². The predicted octanol–water partition coefficient (Wildman–Crippen LogP) is 1.84. The number of carbonyl (C=O) groups is 1. The number of halogens is 2. The van der Waals surface area contributed by atoms with E-state index in [1.54, 1.807) is 0 Å². The van der Waals surface area contributed by atoms with Crippen LogP contribution < -0.4 is 0 Å². The molecule has 1 N–H and O–H groups in total. The highest BCUT2D eigenvalue weighted by Crippen LogP contribution is 2.18. The first-order valence-corrected chi connectivity index (χ1v) is 3.65. The molecule has 1 heterocycles. The molecule has 0 saturated heterocycles. The van der Waals surface area contributed by atoms with Crippen LogP contribution in [0.2, 0.25) is 0 Å². The molecule has 0 atom stereocenters. The van der Waals surface area contributed by atoms with Gasteiger partial charge in [0, 0.05) is 12.1 Å². The van der Waals surface area contributed by atoms with Gasteiger partial charge in [0.15, 0.2) is 0 Å². The van der Waals surface area contributed by atoms with Gasteiger partial charge in [-0.15, -0.1) is 0 Å². The van der Waals surface area contributed by atoms with Crippen LogP contribution in [-0.2, 0) is 0 Å². The van der Waals surface area contributed by atoms with E-state index < -0.39 is 17.7 Å². The Morgan fingerprint density at radius 3 is 2.79 bits per heavy atom. The second-order valence-electron chi connectivity index (χ2n) is 2.66. The monoisotopic (exact) mass is 198 g/mol. The molecule has 0 aliphatic carbocycles. The molecule has 1 aromatic heterocycles. The van der Waals surface area contributed by atoms with Crippen molar-refractivity contribution < 1.29 is 18.7 Å². The summed E-state index contributed by atoms with van der Waals surface area (Å²) >= 11 is 0. The topological polar surface area (TPSA) is 55.1 Å². The number of hydrogen-bond donors (Lipinski definition) is 1. The van der Waals surface area contributed by atoms with E-state index in [0.29, 0.717) is 10.7 Å². The first kappa shape index (κ1) is 8.61. The van der Waals surface area contributed by atoms with Crippen molar-refractivity contribution in [1.82, 2.24) is 9.78 Å². The highest BCUT2D eigenvalue weighted by molar-refractivity contribution is 5.87. The van der Waals surface area contributed by atoms with Crippen molar-refractivity contribution in [3.05, 3.63) is 30.0 Å². The number of nitrogens with zero attached hydrogens (tertiary/aromatic N) is 2. The molecule has 0 aliphatic rings. The normalized spacial score (nSPS) is 10.7. The fraction of sp³-hybridized carbons (Fsp3) is 0. The minimum atomic E-state index is -1.38. The predicted molar refractivity (Wildman–Crippen MR) is 43.1 cm³/mol. The van der Waals surface area contributed by atoms with Crippen molar-refractivity contribution in [2.75, 3.05) is 0 Å². The fourth-order valence-corrected chi connectivity index (χ4v) is 1.20. The Labute approximate surface area is 76.4 Å². The Balaban J connectivity index is 2.85. The molecular formula is C8H4F2N2O2. The van der Waals surface area contributed by atoms with Gasteiger partial charge in [-0.25, -0.2) is 13.6 Å². The van der Waals surface area contributed by atoms with E-state index in [1.165, 1.54) is 0 Å². The van der Waals surface area contributed by atoms with Crippen LogP contribution in [0.5, 0.6) is 0 Å². The quantitative estimate of drug-likeness (QED) is 0.702. The molecule has 0 fully saturated rings. The lowest BCUT2D eigenvalue weighted by molar-refractivity contribution is 0.194. The Morgan fingerprint density at radius 2 is 2.14 bits per heavy atom. The van der Waals surface area contributed by atoms with E-state index >= 15 is 0 Å². The first-order chi connectivity index (χ1) is 6.59. The zero-order valence-electron chi connectivity index (χ0n) is 6.74. The zero-order chi connectivity index (χ0) is 10.3. The van der Waals surface area contributed by atoms with Gasteiger partial charge in [0.2, 0.25) is 0 Å². The average molecular weight is 198 g/mol. The van der Waals surface area contributed by atoms with Crippen molar-refractivity contribution in [1.29, 1.82) is 0 Å². The van der Waals surface area contributed by atoms with Gasteiger partial charge in [-0.2, -0.15) is 9.78 Å². The third-order valence-electron chi connectivity index (χ3n) is 1.78. The Morgan fingerprint density at radius 1 is 1.43 bits per heavy atom. The number of rotatable bonds is 0. The second kappa shape index (κ2) is 2.76. The van der Waals surface area contributed by atoms with Crippen molar-refractivity contribution in [3.63, 3.8) is 0 Å². The summed E-state index contributed by atoms with van der Waals surface area (Å²) in [6, 6.07) is 1.59. The van der Waals surface area contributed by atoms with Gasteiger partial charge in [0.25, 0.3) is 0 Å². The van der Waals surface area contributed by atoms with Gasteiger partial charge >= 0.3 is 6.09 Å². The van der Waals surface area contributed by atoms with Gasteiger partial charge in [0.05, 0.1) is 17.1 Å². The summed E-state index contributed by atoms with van der Waals surface area (Å²) in [5, 5.41) is 12.0. The van der Waals surface area contributed by atoms with Crippen LogP contribution in [0.1, 0.15) is 0 Å². The third-order valence-corrected chi connectivity index (χ3v) is 1.78. The standard InChI is InChI=1S/C8H4F2N2O2/c9-4-1-6(10)5-3-11-12(8(13)14)7(5)2-4/h1-3H,(H,13,14). The van der Waals surface area contributed by atoms with Crippen molar-refractivity contribution >= 4 is 17.0 Å². The number of aromatic nitrogens is 2. The van der Waals surface area contributed by atoms with Crippen LogP contribution in [0, 0.1) is 11.6 Å². The van der Waals surface area contributed by atoms with Gasteiger partial charge in [-0.3, -0.25) is 0 Å². The van der Waals surface area contributed by atoms with E-state index in [4.69, 9.17) is 5.11 Å². The zero-order valence-corrected chi connectivity index (χ0v) is 6.74. The molecule has 0 saturated carbocycles. The van der Waals surface area contributed by atoms with Gasteiger partial charge < -0.3 is 5.11 Å². The molecule has 0 spiro atoms. The van der Waals surface area contributed by atoms with E-state index in [1.807, 2.05) is 0 Å². The lowest BCUT2D eigenvalue weighted by Crippen LogP contribution is -2.09. The molecule has 0 unspecified atom stereocenters. The van der Waals surface area contributed by atoms with Gasteiger partial charge in [-0.05, 0) is 0 Å². The van der Waals surface area contributed by atoms with E-state index in [0.717, 1.165) is 12.3 Å². The number of carboxylic acid groups (broad SMARTS) is 1. The van der Waals surface area contributed by atoms with E-state index in [2.05, 4.69) is 5.10 Å². The highest BCUT2D eigenvalue weighted by Gasteiger charge is 2.12. The Hall–Kier alpha value is -1.98. The lowest BCUT2D eigenvalue weighted by atomic mass is 10.2. The molecule has 0 amide bonds. The molecule has 14 heavy (non-hydrogen) atoms. The molecule has 4 nitrogen and oxygen atoms in total. The molecular weight excluding hydrogens is 194 g/mol. The van der Waals surface area contributed by atoms with E-state index in [9.17, 15) is 13.6 Å². The smallest absolute Gasteiger partial charge is 0.432 e. The van der Waals surface area contributed by atoms with Crippen LogP contribution in [-0.4, -0.2) is 21.0 Å². The minimum absolute atomic E-state index is 0.0196. The lowest BCUT2D eigenvalue weighted by Gasteiger charge is -1.96. The maximum Gasteiger partial charge on any atom is 0.432 e. The molecule has 2 aromatic rings. The maximum absolute atomic E-state index is 13.0. The first-order valence-electron chi connectivity index (χ1n) is 3.65. The largest absolute Gasteiger partial charge is 0.463 e. The number of benzene rings is 1.